The molecule has 20 heavy (non-hydrogen) atoms. The molecule has 0 saturated heterocycles. The number of nitro benzene ring substituents is 1. The number of hydrogen-bond donors (Lipinski definition) is 1. The van der Waals surface area contributed by atoms with E-state index in [4.69, 9.17) is 11.6 Å². The maximum atomic E-state index is 12.0. The Balaban J connectivity index is 2.21. The number of nitro groups is 1. The standard InChI is InChI=1S/C14H11ClN2O3/c1-9-2-4-10(5-3-9)14(18)16-11-6-7-12(15)13(8-11)17(19)20/h2-8H,1H3,(H,16,18). The van der Waals surface area contributed by atoms with Crippen LogP contribution in [0, 0.1) is 17.0 Å². The Kier molecular flexibility index (Phi) is 4.00. The number of nitrogens with one attached hydrogen (secondary N) is 1. The van der Waals surface area contributed by atoms with Crippen LogP contribution in [0.1, 0.15) is 15.9 Å². The molecule has 0 spiro atoms. The minimum Gasteiger partial charge on any atom is -0.322 e. The highest BCUT2D eigenvalue weighted by Crippen LogP contribution is 2.27. The first-order chi connectivity index (χ1) is 9.47. The van der Waals surface area contributed by atoms with Gasteiger partial charge in [0.2, 0.25) is 0 Å². The molecule has 1 amide bonds. The first-order valence-corrected chi connectivity index (χ1v) is 6.17. The number of amides is 1. The lowest BCUT2D eigenvalue weighted by atomic mass is 10.1. The minimum absolute atomic E-state index is 0.0309. The molecule has 2 aromatic rings. The van der Waals surface area contributed by atoms with E-state index in [1.54, 1.807) is 12.1 Å². The van der Waals surface area contributed by atoms with E-state index >= 15 is 0 Å². The third-order valence-corrected chi connectivity index (χ3v) is 3.03. The summed E-state index contributed by atoms with van der Waals surface area (Å²) in [6.07, 6.45) is 0. The van der Waals surface area contributed by atoms with Gasteiger partial charge >= 0.3 is 0 Å². The van der Waals surface area contributed by atoms with E-state index < -0.39 is 4.92 Å². The molecule has 0 aliphatic carbocycles. The quantitative estimate of drug-likeness (QED) is 0.690. The fourth-order valence-corrected chi connectivity index (χ4v) is 1.83. The van der Waals surface area contributed by atoms with Gasteiger partial charge in [-0.3, -0.25) is 14.9 Å². The molecule has 0 unspecified atom stereocenters. The average Bonchev–Trinajstić information content (AvgIpc) is 2.41. The van der Waals surface area contributed by atoms with E-state index in [9.17, 15) is 14.9 Å². The van der Waals surface area contributed by atoms with Crippen LogP contribution >= 0.6 is 11.6 Å². The van der Waals surface area contributed by atoms with Gasteiger partial charge in [0.1, 0.15) is 5.02 Å². The van der Waals surface area contributed by atoms with Crippen molar-refractivity contribution in [3.63, 3.8) is 0 Å². The number of aryl methyl sites for hydroxylation is 1. The zero-order valence-corrected chi connectivity index (χ0v) is 11.3. The van der Waals surface area contributed by atoms with Crippen LogP contribution in [-0.2, 0) is 0 Å². The van der Waals surface area contributed by atoms with Gasteiger partial charge in [0.15, 0.2) is 0 Å². The third-order valence-electron chi connectivity index (χ3n) is 2.71. The molecule has 2 aromatic carbocycles. The number of benzene rings is 2. The van der Waals surface area contributed by atoms with Crippen LogP contribution < -0.4 is 5.32 Å². The molecule has 102 valence electrons. The molecule has 0 radical (unpaired) electrons. The smallest absolute Gasteiger partial charge is 0.289 e. The molecule has 0 saturated carbocycles. The molecule has 0 fully saturated rings. The summed E-state index contributed by atoms with van der Waals surface area (Å²) in [4.78, 5) is 22.2. The highest BCUT2D eigenvalue weighted by molar-refractivity contribution is 6.32. The summed E-state index contributed by atoms with van der Waals surface area (Å²) in [6, 6.07) is 11.1. The maximum absolute atomic E-state index is 12.0. The van der Waals surface area contributed by atoms with Crippen LogP contribution in [0.2, 0.25) is 5.02 Å². The molecule has 1 N–H and O–H groups in total. The van der Waals surface area contributed by atoms with E-state index in [0.717, 1.165) is 5.56 Å². The largest absolute Gasteiger partial charge is 0.322 e. The molecule has 0 bridgehead atoms. The number of anilines is 1. The zero-order valence-electron chi connectivity index (χ0n) is 10.6. The summed E-state index contributed by atoms with van der Waals surface area (Å²) >= 11 is 5.71. The van der Waals surface area contributed by atoms with Crippen molar-refractivity contribution in [2.75, 3.05) is 5.32 Å². The van der Waals surface area contributed by atoms with E-state index in [0.29, 0.717) is 11.3 Å². The van der Waals surface area contributed by atoms with Crippen molar-refractivity contribution >= 4 is 28.9 Å². The van der Waals surface area contributed by atoms with Crippen molar-refractivity contribution in [3.05, 3.63) is 68.7 Å². The van der Waals surface area contributed by atoms with Gasteiger partial charge < -0.3 is 5.32 Å². The molecule has 0 heterocycles. The predicted molar refractivity (Wildman–Crippen MR) is 77.2 cm³/mol. The van der Waals surface area contributed by atoms with Crippen LogP contribution in [0.25, 0.3) is 0 Å². The minimum atomic E-state index is -0.593. The van der Waals surface area contributed by atoms with Crippen LogP contribution in [0.5, 0.6) is 0 Å². The van der Waals surface area contributed by atoms with Gasteiger partial charge in [-0.05, 0) is 31.2 Å². The van der Waals surface area contributed by atoms with E-state index in [-0.39, 0.29) is 16.6 Å². The van der Waals surface area contributed by atoms with Gasteiger partial charge in [-0.15, -0.1) is 0 Å². The van der Waals surface area contributed by atoms with E-state index in [1.807, 2.05) is 19.1 Å². The fourth-order valence-electron chi connectivity index (χ4n) is 1.64. The van der Waals surface area contributed by atoms with Crippen molar-refractivity contribution in [1.82, 2.24) is 0 Å². The number of nitrogens with zero attached hydrogens (tertiary/aromatic N) is 1. The first kappa shape index (κ1) is 14.0. The Hall–Kier alpha value is -2.40. The number of carbonyl (C=O) groups is 1. The summed E-state index contributed by atoms with van der Waals surface area (Å²) in [5.41, 5.74) is 1.61. The Morgan fingerprint density at radius 3 is 2.45 bits per heavy atom. The Morgan fingerprint density at radius 2 is 1.85 bits per heavy atom. The second-order valence-corrected chi connectivity index (χ2v) is 4.65. The van der Waals surface area contributed by atoms with Gasteiger partial charge in [0.25, 0.3) is 11.6 Å². The molecule has 2 rings (SSSR count). The molecule has 5 nitrogen and oxygen atoms in total. The lowest BCUT2D eigenvalue weighted by Gasteiger charge is -2.06. The van der Waals surface area contributed by atoms with Crippen molar-refractivity contribution in [1.29, 1.82) is 0 Å². The van der Waals surface area contributed by atoms with Gasteiger partial charge in [0.05, 0.1) is 4.92 Å². The third kappa shape index (κ3) is 3.13. The number of carbonyl (C=O) groups excluding carboxylic acids is 1. The Bertz CT molecular complexity index is 669. The van der Waals surface area contributed by atoms with Crippen molar-refractivity contribution in [3.8, 4) is 0 Å². The van der Waals surface area contributed by atoms with Gasteiger partial charge in [0, 0.05) is 17.3 Å². The number of rotatable bonds is 3. The molecule has 0 aliphatic rings. The first-order valence-electron chi connectivity index (χ1n) is 5.79. The van der Waals surface area contributed by atoms with Crippen molar-refractivity contribution < 1.29 is 9.72 Å². The second kappa shape index (κ2) is 5.71. The molecule has 6 heteroatoms. The molecular formula is C14H11ClN2O3. The summed E-state index contributed by atoms with van der Waals surface area (Å²) in [5, 5.41) is 13.4. The summed E-state index contributed by atoms with van der Waals surface area (Å²) in [6.45, 7) is 1.92. The normalized spacial score (nSPS) is 10.1. The molecule has 0 atom stereocenters. The van der Waals surface area contributed by atoms with Gasteiger partial charge in [-0.2, -0.15) is 0 Å². The van der Waals surface area contributed by atoms with Gasteiger partial charge in [-0.25, -0.2) is 0 Å². The van der Waals surface area contributed by atoms with Gasteiger partial charge in [-0.1, -0.05) is 29.3 Å². The van der Waals surface area contributed by atoms with Crippen molar-refractivity contribution in [2.24, 2.45) is 0 Å². The SMILES string of the molecule is Cc1ccc(C(=O)Nc2ccc(Cl)c([N+](=O)[O-])c2)cc1. The van der Waals surface area contributed by atoms with Crippen LogP contribution in [0.15, 0.2) is 42.5 Å². The highest BCUT2D eigenvalue weighted by atomic mass is 35.5. The molecule has 0 aliphatic heterocycles. The maximum Gasteiger partial charge on any atom is 0.289 e. The zero-order chi connectivity index (χ0) is 14.7. The van der Waals surface area contributed by atoms with Crippen molar-refractivity contribution in [2.45, 2.75) is 6.92 Å². The fraction of sp³-hybridized carbons (Fsp3) is 0.0714. The second-order valence-electron chi connectivity index (χ2n) is 4.24. The number of halogens is 1. The van der Waals surface area contributed by atoms with Crippen LogP contribution in [-0.4, -0.2) is 10.8 Å². The van der Waals surface area contributed by atoms with Crippen LogP contribution in [0.4, 0.5) is 11.4 Å². The van der Waals surface area contributed by atoms with Crippen LogP contribution in [0.3, 0.4) is 0 Å². The predicted octanol–water partition coefficient (Wildman–Crippen LogP) is 3.81. The summed E-state index contributed by atoms with van der Waals surface area (Å²) < 4.78 is 0. The monoisotopic (exact) mass is 290 g/mol. The number of hydrogen-bond acceptors (Lipinski definition) is 3. The average molecular weight is 291 g/mol. The lowest BCUT2D eigenvalue weighted by Crippen LogP contribution is -2.11. The molecule has 0 aromatic heterocycles. The Morgan fingerprint density at radius 1 is 1.20 bits per heavy atom. The highest BCUT2D eigenvalue weighted by Gasteiger charge is 2.14. The molecular weight excluding hydrogens is 280 g/mol. The van der Waals surface area contributed by atoms with E-state index in [2.05, 4.69) is 5.32 Å². The summed E-state index contributed by atoms with van der Waals surface area (Å²) in [5.74, 6) is -0.332. The van der Waals surface area contributed by atoms with E-state index in [1.165, 1.54) is 18.2 Å². The lowest BCUT2D eigenvalue weighted by molar-refractivity contribution is -0.384. The topological polar surface area (TPSA) is 72.2 Å². The Labute approximate surface area is 120 Å². The summed E-state index contributed by atoms with van der Waals surface area (Å²) in [7, 11) is 0.